The number of halogens is 1. The van der Waals surface area contributed by atoms with Crippen LogP contribution in [0.1, 0.15) is 5.69 Å². The maximum atomic E-state index is 5.85. The van der Waals surface area contributed by atoms with Crippen molar-refractivity contribution < 1.29 is 4.74 Å². The number of nitrogens with two attached hydrogens (primary N) is 1. The van der Waals surface area contributed by atoms with E-state index in [0.717, 1.165) is 14.8 Å². The molecule has 0 aliphatic carbocycles. The monoisotopic (exact) mass is 345 g/mol. The van der Waals surface area contributed by atoms with Crippen molar-refractivity contribution in [3.8, 4) is 11.4 Å². The second-order valence-corrected chi connectivity index (χ2v) is 4.61. The summed E-state index contributed by atoms with van der Waals surface area (Å²) in [6.07, 6.45) is 3.55. The average molecular weight is 345 g/mol. The molecular weight excluding hydrogens is 333 g/mol. The highest BCUT2D eigenvalue weighted by Gasteiger charge is 2.12. The lowest BCUT2D eigenvalue weighted by atomic mass is 10.3. The van der Waals surface area contributed by atoms with Crippen molar-refractivity contribution in [2.45, 2.75) is 6.61 Å². The minimum absolute atomic E-state index is 0.415. The number of methoxy groups -OCH3 is 1. The number of nitrogen functional groups attached to an aromatic ring is 1. The quantitative estimate of drug-likeness (QED) is 0.846. The number of aromatic nitrogens is 4. The second-order valence-electron chi connectivity index (χ2n) is 3.53. The van der Waals surface area contributed by atoms with Gasteiger partial charge in [0.1, 0.15) is 5.82 Å². The van der Waals surface area contributed by atoms with Crippen molar-refractivity contribution in [3.63, 3.8) is 0 Å². The van der Waals surface area contributed by atoms with E-state index in [1.54, 1.807) is 18.0 Å². The lowest BCUT2D eigenvalue weighted by Gasteiger charge is -2.07. The van der Waals surface area contributed by atoms with Gasteiger partial charge in [-0.1, -0.05) is 0 Å². The molecule has 0 bridgehead atoms. The number of aryl methyl sites for hydroxylation is 1. The fourth-order valence-corrected chi connectivity index (χ4v) is 1.81. The Morgan fingerprint density at radius 3 is 2.82 bits per heavy atom. The molecule has 0 aliphatic rings. The molecule has 0 amide bonds. The Labute approximate surface area is 112 Å². The Morgan fingerprint density at radius 1 is 1.47 bits per heavy atom. The summed E-state index contributed by atoms with van der Waals surface area (Å²) in [5.74, 6) is 1.04. The topological polar surface area (TPSA) is 78.9 Å². The molecule has 0 atom stereocenters. The van der Waals surface area contributed by atoms with Crippen LogP contribution in [0.5, 0.6) is 0 Å². The molecular formula is C10H12IN5O. The minimum atomic E-state index is 0.415. The van der Waals surface area contributed by atoms with E-state index in [0.29, 0.717) is 18.2 Å². The first kappa shape index (κ1) is 12.2. The number of ether oxygens (including phenoxy) is 1. The number of rotatable bonds is 3. The van der Waals surface area contributed by atoms with Crippen LogP contribution in [0.3, 0.4) is 0 Å². The molecule has 7 heteroatoms. The third kappa shape index (κ3) is 2.55. The SMILES string of the molecule is COCc1nc(-c2cnn(C)c2)nc(N)c1I. The Kier molecular flexibility index (Phi) is 3.57. The van der Waals surface area contributed by atoms with Gasteiger partial charge in [0.15, 0.2) is 5.82 Å². The molecule has 0 saturated heterocycles. The van der Waals surface area contributed by atoms with Crippen LogP contribution in [0.2, 0.25) is 0 Å². The highest BCUT2D eigenvalue weighted by molar-refractivity contribution is 14.1. The number of hydrogen-bond donors (Lipinski definition) is 1. The van der Waals surface area contributed by atoms with Crippen LogP contribution in [-0.4, -0.2) is 26.9 Å². The van der Waals surface area contributed by atoms with E-state index >= 15 is 0 Å². The second kappa shape index (κ2) is 4.96. The first-order chi connectivity index (χ1) is 8.11. The number of anilines is 1. The first-order valence-electron chi connectivity index (χ1n) is 4.91. The molecule has 2 N–H and O–H groups in total. The molecule has 90 valence electrons. The standard InChI is InChI=1S/C10H12IN5O/c1-16-4-6(3-13-16)10-14-7(5-17-2)8(11)9(12)15-10/h3-4H,5H2,1-2H3,(H2,12,14,15). The average Bonchev–Trinajstić information content (AvgIpc) is 2.71. The molecule has 2 rings (SSSR count). The summed E-state index contributed by atoms with van der Waals surface area (Å²) in [6.45, 7) is 0.415. The lowest BCUT2D eigenvalue weighted by molar-refractivity contribution is 0.181. The Hall–Kier alpha value is -1.22. The van der Waals surface area contributed by atoms with Crippen molar-refractivity contribution in [2.75, 3.05) is 12.8 Å². The fourth-order valence-electron chi connectivity index (χ4n) is 1.41. The van der Waals surface area contributed by atoms with Crippen molar-refractivity contribution in [3.05, 3.63) is 21.7 Å². The molecule has 2 aromatic heterocycles. The molecule has 2 heterocycles. The zero-order chi connectivity index (χ0) is 12.4. The van der Waals surface area contributed by atoms with E-state index in [4.69, 9.17) is 10.5 Å². The zero-order valence-corrected chi connectivity index (χ0v) is 11.7. The summed E-state index contributed by atoms with van der Waals surface area (Å²) in [7, 11) is 3.47. The van der Waals surface area contributed by atoms with Crippen LogP contribution in [0.25, 0.3) is 11.4 Å². The van der Waals surface area contributed by atoms with Crippen LogP contribution in [0, 0.1) is 3.57 Å². The van der Waals surface area contributed by atoms with E-state index < -0.39 is 0 Å². The summed E-state index contributed by atoms with van der Waals surface area (Å²) in [5, 5.41) is 4.08. The van der Waals surface area contributed by atoms with E-state index in [-0.39, 0.29) is 0 Å². The summed E-state index contributed by atoms with van der Waals surface area (Å²) in [5.41, 5.74) is 7.49. The molecule has 0 aliphatic heterocycles. The highest BCUT2D eigenvalue weighted by Crippen LogP contribution is 2.22. The first-order valence-corrected chi connectivity index (χ1v) is 5.99. The smallest absolute Gasteiger partial charge is 0.165 e. The third-order valence-electron chi connectivity index (χ3n) is 2.19. The molecule has 0 saturated carbocycles. The van der Waals surface area contributed by atoms with E-state index in [2.05, 4.69) is 37.7 Å². The van der Waals surface area contributed by atoms with Gasteiger partial charge in [-0.15, -0.1) is 0 Å². The van der Waals surface area contributed by atoms with Gasteiger partial charge in [-0.25, -0.2) is 9.97 Å². The normalized spacial score (nSPS) is 10.8. The van der Waals surface area contributed by atoms with Gasteiger partial charge >= 0.3 is 0 Å². The van der Waals surface area contributed by atoms with E-state index in [1.807, 2.05) is 13.2 Å². The molecule has 2 aromatic rings. The van der Waals surface area contributed by atoms with Crippen LogP contribution < -0.4 is 5.73 Å². The summed E-state index contributed by atoms with van der Waals surface area (Å²) in [6, 6.07) is 0. The minimum Gasteiger partial charge on any atom is -0.383 e. The Morgan fingerprint density at radius 2 is 2.24 bits per heavy atom. The number of nitrogens with zero attached hydrogens (tertiary/aromatic N) is 4. The predicted molar refractivity (Wildman–Crippen MR) is 72.1 cm³/mol. The lowest BCUT2D eigenvalue weighted by Crippen LogP contribution is -2.05. The van der Waals surface area contributed by atoms with Crippen LogP contribution in [0.15, 0.2) is 12.4 Å². The fraction of sp³-hybridized carbons (Fsp3) is 0.300. The van der Waals surface area contributed by atoms with Gasteiger partial charge in [0, 0.05) is 20.4 Å². The number of hydrogen-bond acceptors (Lipinski definition) is 5. The van der Waals surface area contributed by atoms with Crippen molar-refractivity contribution in [2.24, 2.45) is 7.05 Å². The molecule has 0 spiro atoms. The van der Waals surface area contributed by atoms with Crippen LogP contribution in [-0.2, 0) is 18.4 Å². The summed E-state index contributed by atoms with van der Waals surface area (Å²) in [4.78, 5) is 8.68. The largest absolute Gasteiger partial charge is 0.383 e. The zero-order valence-electron chi connectivity index (χ0n) is 9.51. The Balaban J connectivity index is 2.48. The van der Waals surface area contributed by atoms with Gasteiger partial charge in [-0.3, -0.25) is 4.68 Å². The molecule has 17 heavy (non-hydrogen) atoms. The highest BCUT2D eigenvalue weighted by atomic mass is 127. The van der Waals surface area contributed by atoms with Crippen LogP contribution >= 0.6 is 22.6 Å². The van der Waals surface area contributed by atoms with Gasteiger partial charge in [-0.05, 0) is 22.6 Å². The van der Waals surface area contributed by atoms with E-state index in [1.165, 1.54) is 0 Å². The molecule has 0 fully saturated rings. The summed E-state index contributed by atoms with van der Waals surface area (Å²) >= 11 is 2.12. The van der Waals surface area contributed by atoms with Crippen molar-refractivity contribution in [1.82, 2.24) is 19.7 Å². The third-order valence-corrected chi connectivity index (χ3v) is 3.36. The van der Waals surface area contributed by atoms with Crippen molar-refractivity contribution in [1.29, 1.82) is 0 Å². The van der Waals surface area contributed by atoms with Gasteiger partial charge in [0.05, 0.1) is 27.6 Å². The maximum Gasteiger partial charge on any atom is 0.165 e. The van der Waals surface area contributed by atoms with Gasteiger partial charge < -0.3 is 10.5 Å². The van der Waals surface area contributed by atoms with Crippen LogP contribution in [0.4, 0.5) is 5.82 Å². The van der Waals surface area contributed by atoms with Gasteiger partial charge in [0.2, 0.25) is 0 Å². The van der Waals surface area contributed by atoms with E-state index in [9.17, 15) is 0 Å². The maximum absolute atomic E-state index is 5.85. The molecule has 6 nitrogen and oxygen atoms in total. The predicted octanol–water partition coefficient (Wildman–Crippen LogP) is 1.21. The van der Waals surface area contributed by atoms with Crippen molar-refractivity contribution >= 4 is 28.4 Å². The molecule has 0 aromatic carbocycles. The van der Waals surface area contributed by atoms with Gasteiger partial charge in [-0.2, -0.15) is 5.10 Å². The van der Waals surface area contributed by atoms with Gasteiger partial charge in [0.25, 0.3) is 0 Å². The summed E-state index contributed by atoms with van der Waals surface area (Å²) < 4.78 is 7.62. The molecule has 0 unspecified atom stereocenters. The molecule has 0 radical (unpaired) electrons. The Bertz CT molecular complexity index is 539.